The van der Waals surface area contributed by atoms with Crippen LogP contribution in [-0.2, 0) is 9.59 Å². The van der Waals surface area contributed by atoms with Crippen LogP contribution in [0, 0.1) is 5.92 Å². The summed E-state index contributed by atoms with van der Waals surface area (Å²) in [5.74, 6) is -0.992. The Hall–Kier alpha value is -0.580. The van der Waals surface area contributed by atoms with E-state index in [4.69, 9.17) is 0 Å². The fraction of sp³-hybridized carbons (Fsp3) is 0.818. The number of halogens is 1. The number of aliphatic carboxylic acids is 1. The van der Waals surface area contributed by atoms with E-state index in [-0.39, 0.29) is 16.7 Å². The fourth-order valence-electron chi connectivity index (χ4n) is 1.98. The lowest BCUT2D eigenvalue weighted by Gasteiger charge is -2.27. The molecule has 1 saturated carbocycles. The van der Waals surface area contributed by atoms with E-state index in [0.717, 1.165) is 12.8 Å². The quantitative estimate of drug-likeness (QED) is 0.778. The van der Waals surface area contributed by atoms with Gasteiger partial charge in [0.15, 0.2) is 0 Å². The number of hydrogen-bond donors (Lipinski definition) is 2. The lowest BCUT2D eigenvalue weighted by molar-refractivity contribution is -0.147. The minimum atomic E-state index is -1.03. The van der Waals surface area contributed by atoms with Gasteiger partial charge in [-0.3, -0.25) is 4.79 Å². The second-order valence-corrected chi connectivity index (χ2v) is 5.72. The van der Waals surface area contributed by atoms with Crippen LogP contribution in [-0.4, -0.2) is 27.3 Å². The molecule has 0 aromatic carbocycles. The molecule has 0 heterocycles. The summed E-state index contributed by atoms with van der Waals surface area (Å²) >= 11 is 3.28. The van der Waals surface area contributed by atoms with Gasteiger partial charge in [0, 0.05) is 0 Å². The molecule has 2 N–H and O–H groups in total. The van der Waals surface area contributed by atoms with Crippen molar-refractivity contribution >= 4 is 27.8 Å². The van der Waals surface area contributed by atoms with Crippen LogP contribution in [0.15, 0.2) is 0 Å². The topological polar surface area (TPSA) is 66.4 Å². The van der Waals surface area contributed by atoms with Crippen molar-refractivity contribution in [3.63, 3.8) is 0 Å². The minimum absolute atomic E-state index is 0.146. The molecule has 16 heavy (non-hydrogen) atoms. The molecule has 1 aliphatic carbocycles. The first-order valence-corrected chi connectivity index (χ1v) is 6.50. The van der Waals surface area contributed by atoms with Crippen LogP contribution in [0.25, 0.3) is 0 Å². The molecule has 1 atom stereocenters. The van der Waals surface area contributed by atoms with Crippen LogP contribution in [0.3, 0.4) is 0 Å². The fourth-order valence-corrected chi connectivity index (χ4v) is 2.09. The summed E-state index contributed by atoms with van der Waals surface area (Å²) in [6.07, 6.45) is 2.79. The predicted molar refractivity (Wildman–Crippen MR) is 64.5 cm³/mol. The summed E-state index contributed by atoms with van der Waals surface area (Å²) < 4.78 is 0. The third kappa shape index (κ3) is 2.75. The first-order valence-electron chi connectivity index (χ1n) is 5.58. The van der Waals surface area contributed by atoms with Crippen molar-refractivity contribution in [3.05, 3.63) is 0 Å². The molecule has 0 aromatic heterocycles. The normalized spacial score (nSPS) is 20.8. The number of carboxylic acids is 1. The Labute approximate surface area is 104 Å². The summed E-state index contributed by atoms with van der Waals surface area (Å²) in [4.78, 5) is 22.7. The van der Waals surface area contributed by atoms with Crippen molar-refractivity contribution in [1.29, 1.82) is 0 Å². The third-order valence-corrected chi connectivity index (χ3v) is 4.54. The molecule has 1 aliphatic rings. The zero-order chi connectivity index (χ0) is 12.3. The average molecular weight is 292 g/mol. The summed E-state index contributed by atoms with van der Waals surface area (Å²) in [6, 6.07) is 0. The number of carbonyl (C=O) groups is 2. The molecule has 1 fully saturated rings. The summed E-state index contributed by atoms with van der Waals surface area (Å²) in [5, 5.41) is 11.9. The smallest absolute Gasteiger partial charge is 0.329 e. The van der Waals surface area contributed by atoms with Crippen molar-refractivity contribution in [3.8, 4) is 0 Å². The number of nitrogens with one attached hydrogen (secondary N) is 1. The van der Waals surface area contributed by atoms with Gasteiger partial charge in [0.05, 0.1) is 4.83 Å². The van der Waals surface area contributed by atoms with E-state index in [1.165, 1.54) is 0 Å². The maximum atomic E-state index is 11.8. The lowest BCUT2D eigenvalue weighted by atomic mass is 9.97. The minimum Gasteiger partial charge on any atom is -0.480 e. The zero-order valence-electron chi connectivity index (χ0n) is 9.62. The van der Waals surface area contributed by atoms with Crippen LogP contribution in [0.5, 0.6) is 0 Å². The molecule has 0 spiro atoms. The highest BCUT2D eigenvalue weighted by atomic mass is 79.9. The highest BCUT2D eigenvalue weighted by Crippen LogP contribution is 2.30. The Morgan fingerprint density at radius 3 is 2.19 bits per heavy atom. The molecule has 0 saturated heterocycles. The van der Waals surface area contributed by atoms with E-state index in [9.17, 15) is 14.7 Å². The van der Waals surface area contributed by atoms with Crippen molar-refractivity contribution in [2.75, 3.05) is 0 Å². The Bertz CT molecular complexity index is 285. The van der Waals surface area contributed by atoms with Crippen molar-refractivity contribution in [1.82, 2.24) is 5.32 Å². The van der Waals surface area contributed by atoms with Crippen molar-refractivity contribution < 1.29 is 14.7 Å². The molecule has 0 radical (unpaired) electrons. The number of carbonyl (C=O) groups excluding carboxylic acids is 1. The molecule has 92 valence electrons. The molecule has 0 bridgehead atoms. The number of carboxylic acid groups (broad SMARTS) is 1. The van der Waals surface area contributed by atoms with Gasteiger partial charge in [0.2, 0.25) is 5.91 Å². The number of amides is 1. The van der Waals surface area contributed by atoms with Crippen LogP contribution in [0.4, 0.5) is 0 Å². The number of rotatable bonds is 4. The van der Waals surface area contributed by atoms with E-state index in [1.807, 2.05) is 13.8 Å². The van der Waals surface area contributed by atoms with Gasteiger partial charge in [0.1, 0.15) is 5.54 Å². The third-order valence-electron chi connectivity index (χ3n) is 3.06. The van der Waals surface area contributed by atoms with Crippen molar-refractivity contribution in [2.45, 2.75) is 49.9 Å². The molecular formula is C11H18BrNO3. The summed E-state index contributed by atoms with van der Waals surface area (Å²) in [5.41, 5.74) is -1.03. The molecule has 4 nitrogen and oxygen atoms in total. The standard InChI is InChI=1S/C11H18BrNO3/c1-7(2)8(12)9(14)13-11(10(15)16)5-3-4-6-11/h7-8H,3-6H2,1-2H3,(H,13,14)(H,15,16). The van der Waals surface area contributed by atoms with Gasteiger partial charge in [-0.1, -0.05) is 42.6 Å². The monoisotopic (exact) mass is 291 g/mol. The van der Waals surface area contributed by atoms with Gasteiger partial charge in [-0.25, -0.2) is 4.79 Å². The SMILES string of the molecule is CC(C)C(Br)C(=O)NC1(C(=O)O)CCCC1. The Balaban J connectivity index is 2.70. The van der Waals surface area contributed by atoms with Gasteiger partial charge in [0.25, 0.3) is 0 Å². The van der Waals surface area contributed by atoms with Crippen LogP contribution < -0.4 is 5.32 Å². The number of hydrogen-bond acceptors (Lipinski definition) is 2. The van der Waals surface area contributed by atoms with Crippen LogP contribution in [0.1, 0.15) is 39.5 Å². The van der Waals surface area contributed by atoms with Crippen LogP contribution >= 0.6 is 15.9 Å². The number of alkyl halides is 1. The van der Waals surface area contributed by atoms with E-state index < -0.39 is 11.5 Å². The van der Waals surface area contributed by atoms with E-state index >= 15 is 0 Å². The summed E-state index contributed by atoms with van der Waals surface area (Å²) in [6.45, 7) is 3.84. The Morgan fingerprint density at radius 1 is 1.31 bits per heavy atom. The lowest BCUT2D eigenvalue weighted by Crippen LogP contribution is -2.54. The second-order valence-electron chi connectivity index (χ2n) is 4.73. The Kier molecular flexibility index (Phi) is 4.35. The molecule has 1 amide bonds. The predicted octanol–water partition coefficient (Wildman–Crippen LogP) is 1.92. The first-order chi connectivity index (χ1) is 7.39. The second kappa shape index (κ2) is 5.17. The van der Waals surface area contributed by atoms with Gasteiger partial charge in [-0.15, -0.1) is 0 Å². The maximum absolute atomic E-state index is 11.8. The summed E-state index contributed by atoms with van der Waals surface area (Å²) in [7, 11) is 0. The van der Waals surface area contributed by atoms with Crippen LogP contribution in [0.2, 0.25) is 0 Å². The molecule has 0 aliphatic heterocycles. The van der Waals surface area contributed by atoms with E-state index in [2.05, 4.69) is 21.2 Å². The molecule has 1 unspecified atom stereocenters. The molecule has 0 aromatic rings. The van der Waals surface area contributed by atoms with Gasteiger partial charge in [-0.2, -0.15) is 0 Å². The highest BCUT2D eigenvalue weighted by molar-refractivity contribution is 9.10. The van der Waals surface area contributed by atoms with Gasteiger partial charge >= 0.3 is 5.97 Å². The molecule has 1 rings (SSSR count). The van der Waals surface area contributed by atoms with Gasteiger partial charge in [-0.05, 0) is 18.8 Å². The molecule has 5 heteroatoms. The zero-order valence-corrected chi connectivity index (χ0v) is 11.2. The van der Waals surface area contributed by atoms with E-state index in [0.29, 0.717) is 12.8 Å². The maximum Gasteiger partial charge on any atom is 0.329 e. The van der Waals surface area contributed by atoms with E-state index in [1.54, 1.807) is 0 Å². The molecular weight excluding hydrogens is 274 g/mol. The highest BCUT2D eigenvalue weighted by Gasteiger charge is 2.43. The largest absolute Gasteiger partial charge is 0.480 e. The van der Waals surface area contributed by atoms with Crippen molar-refractivity contribution in [2.24, 2.45) is 5.92 Å². The Morgan fingerprint density at radius 2 is 1.81 bits per heavy atom. The average Bonchev–Trinajstić information content (AvgIpc) is 2.66. The first kappa shape index (κ1) is 13.5. The van der Waals surface area contributed by atoms with Gasteiger partial charge < -0.3 is 10.4 Å².